The van der Waals surface area contributed by atoms with E-state index in [2.05, 4.69) is 20.6 Å². The largest absolute Gasteiger partial charge is 0.492 e. The Balaban J connectivity index is 1.09. The lowest BCUT2D eigenvalue weighted by Crippen LogP contribution is -2.61. The third kappa shape index (κ3) is 5.34. The SMILES string of the molecule is O=C1COc2ccc(CNC34CCC(CCn5c(=O)ccc6ncc(OCCCO)cc65)(CC3)OC4)nc2N1. The maximum atomic E-state index is 12.8. The van der Waals surface area contributed by atoms with Gasteiger partial charge >= 0.3 is 0 Å². The minimum absolute atomic E-state index is 0.0153. The van der Waals surface area contributed by atoms with E-state index in [0.29, 0.717) is 50.0 Å². The highest BCUT2D eigenvalue weighted by atomic mass is 16.5. The van der Waals surface area contributed by atoms with E-state index >= 15 is 0 Å². The summed E-state index contributed by atoms with van der Waals surface area (Å²) in [7, 11) is 0. The van der Waals surface area contributed by atoms with Crippen LogP contribution in [0.4, 0.5) is 5.82 Å². The van der Waals surface area contributed by atoms with Crippen molar-refractivity contribution in [2.24, 2.45) is 0 Å². The van der Waals surface area contributed by atoms with Crippen LogP contribution < -0.4 is 25.7 Å². The molecule has 39 heavy (non-hydrogen) atoms. The van der Waals surface area contributed by atoms with Gasteiger partial charge in [0.05, 0.1) is 41.7 Å². The van der Waals surface area contributed by atoms with E-state index in [-0.39, 0.29) is 35.8 Å². The molecule has 1 saturated carbocycles. The fraction of sp³-hybridized carbons (Fsp3) is 0.500. The van der Waals surface area contributed by atoms with Crippen molar-refractivity contribution in [2.75, 3.05) is 31.7 Å². The minimum Gasteiger partial charge on any atom is -0.492 e. The van der Waals surface area contributed by atoms with E-state index < -0.39 is 0 Å². The maximum Gasteiger partial charge on any atom is 0.263 e. The molecule has 11 nitrogen and oxygen atoms in total. The number of hydrogen-bond acceptors (Lipinski definition) is 9. The number of ether oxygens (including phenoxy) is 3. The van der Waals surface area contributed by atoms with Crippen LogP contribution >= 0.6 is 0 Å². The third-order valence-electron chi connectivity index (χ3n) is 8.13. The van der Waals surface area contributed by atoms with Crippen LogP contribution in [0.2, 0.25) is 0 Å². The topological polar surface area (TPSA) is 137 Å². The number of aliphatic hydroxyl groups is 1. The van der Waals surface area contributed by atoms with Gasteiger partial charge < -0.3 is 34.5 Å². The number of fused-ring (bicyclic) bond motifs is 5. The first-order valence-electron chi connectivity index (χ1n) is 13.5. The predicted molar refractivity (Wildman–Crippen MR) is 143 cm³/mol. The molecule has 3 N–H and O–H groups in total. The van der Waals surface area contributed by atoms with Crippen molar-refractivity contribution < 1.29 is 24.1 Å². The molecule has 1 amide bonds. The van der Waals surface area contributed by atoms with Gasteiger partial charge in [0, 0.05) is 43.8 Å². The average molecular weight is 536 g/mol. The molecule has 3 aliphatic heterocycles. The summed E-state index contributed by atoms with van der Waals surface area (Å²) in [5.41, 5.74) is 1.87. The molecule has 206 valence electrons. The number of hydrogen-bond donors (Lipinski definition) is 3. The highest BCUT2D eigenvalue weighted by Crippen LogP contribution is 2.45. The van der Waals surface area contributed by atoms with Crippen molar-refractivity contribution in [3.05, 3.63) is 52.6 Å². The Morgan fingerprint density at radius 1 is 1.15 bits per heavy atom. The molecule has 4 aliphatic rings. The van der Waals surface area contributed by atoms with Gasteiger partial charge in [-0.25, -0.2) is 4.98 Å². The number of pyridine rings is 3. The molecule has 1 aliphatic carbocycles. The molecule has 2 saturated heterocycles. The Kier molecular flexibility index (Phi) is 6.96. The zero-order chi connectivity index (χ0) is 26.9. The second-order valence-electron chi connectivity index (χ2n) is 10.7. The lowest BCUT2D eigenvalue weighted by Gasteiger charge is -2.53. The Labute approximate surface area is 225 Å². The number of aromatic nitrogens is 3. The van der Waals surface area contributed by atoms with Gasteiger partial charge in [0.1, 0.15) is 5.75 Å². The summed E-state index contributed by atoms with van der Waals surface area (Å²) in [4.78, 5) is 33.5. The summed E-state index contributed by atoms with van der Waals surface area (Å²) in [5, 5.41) is 15.4. The van der Waals surface area contributed by atoms with Crippen molar-refractivity contribution in [1.29, 1.82) is 0 Å². The van der Waals surface area contributed by atoms with Gasteiger partial charge in [-0.2, -0.15) is 0 Å². The maximum absolute atomic E-state index is 12.8. The van der Waals surface area contributed by atoms with Crippen LogP contribution in [-0.2, 0) is 22.6 Å². The molecule has 0 unspecified atom stereocenters. The Bertz CT molecular complexity index is 1420. The number of nitrogens with zero attached hydrogens (tertiary/aromatic N) is 3. The molecule has 3 aromatic rings. The summed E-state index contributed by atoms with van der Waals surface area (Å²) in [5.74, 6) is 1.44. The predicted octanol–water partition coefficient (Wildman–Crippen LogP) is 2.15. The highest BCUT2D eigenvalue weighted by Gasteiger charge is 2.49. The molecular formula is C28H33N5O6. The van der Waals surface area contributed by atoms with Crippen molar-refractivity contribution >= 4 is 22.8 Å². The first kappa shape index (κ1) is 25.7. The molecule has 0 radical (unpaired) electrons. The van der Waals surface area contributed by atoms with Gasteiger partial charge in [0.15, 0.2) is 18.2 Å². The fourth-order valence-electron chi connectivity index (χ4n) is 5.72. The first-order valence-corrected chi connectivity index (χ1v) is 13.5. The van der Waals surface area contributed by atoms with Crippen LogP contribution in [0.1, 0.15) is 44.2 Å². The zero-order valence-electron chi connectivity index (χ0n) is 21.8. The standard InChI is InChI=1S/C28H33N5O6/c34-12-1-13-37-20-14-22-21(29-16-20)3-5-25(36)33(22)11-10-28-8-6-27(7-9-28,18-39-28)30-15-19-2-4-23-26(31-19)32-24(35)17-38-23/h2-5,14,16,30,34H,1,6-13,15,17-18H2,(H,31,32,35). The molecule has 3 fully saturated rings. The number of carbonyl (C=O) groups is 1. The van der Waals surface area contributed by atoms with Gasteiger partial charge in [-0.1, -0.05) is 0 Å². The van der Waals surface area contributed by atoms with E-state index in [9.17, 15) is 9.59 Å². The molecule has 6 heterocycles. The van der Waals surface area contributed by atoms with Crippen LogP contribution in [0.5, 0.6) is 11.5 Å². The smallest absolute Gasteiger partial charge is 0.263 e. The number of nitrogens with one attached hydrogen (secondary N) is 2. The summed E-state index contributed by atoms with van der Waals surface area (Å²) >= 11 is 0. The summed E-state index contributed by atoms with van der Waals surface area (Å²) in [6, 6.07) is 8.90. The van der Waals surface area contributed by atoms with Gasteiger partial charge in [-0.15, -0.1) is 0 Å². The van der Waals surface area contributed by atoms with E-state index in [1.165, 1.54) is 0 Å². The number of anilines is 1. The van der Waals surface area contributed by atoms with E-state index in [1.807, 2.05) is 18.2 Å². The Hall–Kier alpha value is -3.54. The number of carbonyl (C=O) groups excluding carboxylic acids is 1. The number of aliphatic hydroxyl groups excluding tert-OH is 1. The van der Waals surface area contributed by atoms with Gasteiger partial charge in [-0.3, -0.25) is 14.6 Å². The third-order valence-corrected chi connectivity index (χ3v) is 8.13. The summed E-state index contributed by atoms with van der Waals surface area (Å²) in [6.07, 6.45) is 6.70. The molecule has 3 aromatic heterocycles. The van der Waals surface area contributed by atoms with Crippen molar-refractivity contribution in [1.82, 2.24) is 19.9 Å². The fourth-order valence-corrected chi connectivity index (χ4v) is 5.72. The molecule has 2 bridgehead atoms. The van der Waals surface area contributed by atoms with Crippen LogP contribution in [0.15, 0.2) is 41.3 Å². The number of aryl methyl sites for hydroxylation is 1. The van der Waals surface area contributed by atoms with E-state index in [4.69, 9.17) is 19.3 Å². The van der Waals surface area contributed by atoms with Crippen LogP contribution in [0.3, 0.4) is 0 Å². The molecule has 7 rings (SSSR count). The van der Waals surface area contributed by atoms with Crippen molar-refractivity contribution in [3.8, 4) is 11.5 Å². The Morgan fingerprint density at radius 3 is 2.82 bits per heavy atom. The molecular weight excluding hydrogens is 502 g/mol. The highest BCUT2D eigenvalue weighted by molar-refractivity contribution is 5.94. The summed E-state index contributed by atoms with van der Waals surface area (Å²) < 4.78 is 19.3. The average Bonchev–Trinajstić information content (AvgIpc) is 2.96. The van der Waals surface area contributed by atoms with Crippen LogP contribution in [0, 0.1) is 0 Å². The second kappa shape index (κ2) is 10.6. The van der Waals surface area contributed by atoms with Crippen LogP contribution in [-0.4, -0.2) is 63.1 Å². The van der Waals surface area contributed by atoms with E-state index in [0.717, 1.165) is 48.8 Å². The van der Waals surface area contributed by atoms with Gasteiger partial charge in [0.25, 0.3) is 11.5 Å². The molecule has 11 heteroatoms. The molecule has 0 spiro atoms. The number of rotatable bonds is 10. The lowest BCUT2D eigenvalue weighted by molar-refractivity contribution is -0.167. The Morgan fingerprint density at radius 2 is 2.03 bits per heavy atom. The van der Waals surface area contributed by atoms with Crippen molar-refractivity contribution in [3.63, 3.8) is 0 Å². The number of amides is 1. The van der Waals surface area contributed by atoms with Crippen molar-refractivity contribution in [2.45, 2.75) is 62.8 Å². The van der Waals surface area contributed by atoms with Gasteiger partial charge in [-0.05, 0) is 50.3 Å². The zero-order valence-corrected chi connectivity index (χ0v) is 21.8. The lowest BCUT2D eigenvalue weighted by atomic mass is 9.70. The minimum atomic E-state index is -0.251. The summed E-state index contributed by atoms with van der Waals surface area (Å²) in [6.45, 7) is 2.17. The van der Waals surface area contributed by atoms with Crippen LogP contribution in [0.25, 0.3) is 11.0 Å². The van der Waals surface area contributed by atoms with Gasteiger partial charge in [0.2, 0.25) is 0 Å². The second-order valence-corrected chi connectivity index (χ2v) is 10.7. The quantitative estimate of drug-likeness (QED) is 0.334. The van der Waals surface area contributed by atoms with E-state index in [1.54, 1.807) is 22.9 Å². The monoisotopic (exact) mass is 535 g/mol. The molecule has 0 aromatic carbocycles. The first-order chi connectivity index (χ1) is 19.0. The normalized spacial score (nSPS) is 23.8. The molecule has 0 atom stereocenters.